The highest BCUT2D eigenvalue weighted by molar-refractivity contribution is 7.89. The number of carbonyl (C=O) groups excluding carboxylic acids is 3. The maximum Gasteiger partial charge on any atom is 0.261 e. The Labute approximate surface area is 216 Å². The molecule has 3 rings (SSSR count). The van der Waals surface area contributed by atoms with E-state index in [4.69, 9.17) is 0 Å². The number of sulfonamides is 1. The normalized spacial score (nSPS) is 16.3. The number of thiophene rings is 1. The number of nitrogens with one attached hydrogen (secondary N) is 2. The SMILES string of the molecule is CCN(CC(=O)C(C)NC(=O)[C@H](CC1CCCCC1)NC(=O)c1cccs1)S(=O)(=O)c1ccccn1. The first-order valence-corrected chi connectivity index (χ1v) is 14.6. The Hall–Kier alpha value is -2.63. The second-order valence-corrected chi connectivity index (χ2v) is 11.9. The van der Waals surface area contributed by atoms with Gasteiger partial charge in [0, 0.05) is 12.7 Å². The van der Waals surface area contributed by atoms with Gasteiger partial charge in [0.05, 0.1) is 17.5 Å². The maximum atomic E-state index is 13.2. The molecule has 1 fully saturated rings. The van der Waals surface area contributed by atoms with Gasteiger partial charge in [-0.2, -0.15) is 4.31 Å². The Kier molecular flexibility index (Phi) is 10.1. The van der Waals surface area contributed by atoms with E-state index in [1.54, 1.807) is 36.6 Å². The molecular formula is C25H34N4O5S2. The molecule has 1 aliphatic carbocycles. The average molecular weight is 535 g/mol. The molecule has 2 aromatic heterocycles. The van der Waals surface area contributed by atoms with E-state index in [1.165, 1.54) is 36.9 Å². The number of pyridine rings is 1. The number of aromatic nitrogens is 1. The summed E-state index contributed by atoms with van der Waals surface area (Å²) in [5, 5.41) is 7.20. The number of Topliss-reactive ketones (excluding diaryl/α,β-unsaturated/α-hetero) is 1. The van der Waals surface area contributed by atoms with Crippen molar-refractivity contribution in [3.8, 4) is 0 Å². The Morgan fingerprint density at radius 1 is 1.11 bits per heavy atom. The van der Waals surface area contributed by atoms with E-state index in [0.29, 0.717) is 17.2 Å². The maximum absolute atomic E-state index is 13.2. The molecular weight excluding hydrogens is 500 g/mol. The topological polar surface area (TPSA) is 126 Å². The number of carbonyl (C=O) groups is 3. The lowest BCUT2D eigenvalue weighted by atomic mass is 9.84. The molecule has 0 aliphatic heterocycles. The molecule has 2 atom stereocenters. The lowest BCUT2D eigenvalue weighted by Gasteiger charge is -2.27. The van der Waals surface area contributed by atoms with E-state index in [0.717, 1.165) is 30.0 Å². The van der Waals surface area contributed by atoms with E-state index in [2.05, 4.69) is 15.6 Å². The zero-order chi connectivity index (χ0) is 26.1. The van der Waals surface area contributed by atoms with Crippen LogP contribution in [0.25, 0.3) is 0 Å². The number of amides is 2. The van der Waals surface area contributed by atoms with Gasteiger partial charge in [-0.15, -0.1) is 11.3 Å². The summed E-state index contributed by atoms with van der Waals surface area (Å²) in [6.45, 7) is 2.84. The summed E-state index contributed by atoms with van der Waals surface area (Å²) >= 11 is 1.29. The Bertz CT molecular complexity index is 1120. The standard InChI is InChI=1S/C25H34N4O5S2/c1-3-29(36(33,34)23-13-7-8-14-26-23)17-21(30)18(2)27-24(31)20(16-19-10-5-4-6-11-19)28-25(32)22-12-9-15-35-22/h7-9,12-15,18-20H,3-6,10-11,16-17H2,1-2H3,(H,27,31)(H,28,32)/t18?,20-/m0/s1. The van der Waals surface area contributed by atoms with Crippen molar-refractivity contribution in [3.63, 3.8) is 0 Å². The van der Waals surface area contributed by atoms with Gasteiger partial charge in [-0.1, -0.05) is 51.2 Å². The van der Waals surface area contributed by atoms with Crippen LogP contribution in [0, 0.1) is 5.92 Å². The molecule has 1 unspecified atom stereocenters. The number of hydrogen-bond donors (Lipinski definition) is 2. The molecule has 9 nitrogen and oxygen atoms in total. The number of nitrogens with zero attached hydrogens (tertiary/aromatic N) is 2. The van der Waals surface area contributed by atoms with Gasteiger partial charge in [0.25, 0.3) is 15.9 Å². The van der Waals surface area contributed by atoms with E-state index in [-0.39, 0.29) is 17.5 Å². The third-order valence-corrected chi connectivity index (χ3v) is 9.13. The first-order chi connectivity index (χ1) is 17.2. The first kappa shape index (κ1) is 27.9. The Morgan fingerprint density at radius 2 is 1.86 bits per heavy atom. The third-order valence-electron chi connectivity index (χ3n) is 6.43. The monoisotopic (exact) mass is 534 g/mol. The first-order valence-electron chi connectivity index (χ1n) is 12.3. The summed E-state index contributed by atoms with van der Waals surface area (Å²) in [5.41, 5.74) is 0. The van der Waals surface area contributed by atoms with Crippen molar-refractivity contribution in [1.82, 2.24) is 19.9 Å². The second-order valence-electron chi connectivity index (χ2n) is 9.04. The summed E-state index contributed by atoms with van der Waals surface area (Å²) < 4.78 is 26.8. The molecule has 1 aliphatic rings. The third kappa shape index (κ3) is 7.44. The largest absolute Gasteiger partial charge is 0.345 e. The van der Waals surface area contributed by atoms with E-state index >= 15 is 0 Å². The van der Waals surface area contributed by atoms with Crippen LogP contribution in [-0.2, 0) is 19.6 Å². The van der Waals surface area contributed by atoms with Crippen molar-refractivity contribution >= 4 is 39.0 Å². The fourth-order valence-corrected chi connectivity index (χ4v) is 6.30. The minimum Gasteiger partial charge on any atom is -0.345 e. The summed E-state index contributed by atoms with van der Waals surface area (Å²) in [6.07, 6.45) is 7.26. The van der Waals surface area contributed by atoms with Gasteiger partial charge in [-0.3, -0.25) is 14.4 Å². The number of ketones is 1. The molecule has 11 heteroatoms. The number of likely N-dealkylation sites (N-methyl/N-ethyl adjacent to an activating group) is 1. The summed E-state index contributed by atoms with van der Waals surface area (Å²) in [4.78, 5) is 43.2. The second kappa shape index (κ2) is 13.1. The quantitative estimate of drug-likeness (QED) is 0.431. The molecule has 2 amide bonds. The molecule has 2 N–H and O–H groups in total. The molecule has 36 heavy (non-hydrogen) atoms. The predicted molar refractivity (Wildman–Crippen MR) is 138 cm³/mol. The molecule has 0 bridgehead atoms. The molecule has 0 radical (unpaired) electrons. The average Bonchev–Trinajstić information content (AvgIpc) is 3.43. The Morgan fingerprint density at radius 3 is 2.47 bits per heavy atom. The minimum absolute atomic E-state index is 0.0759. The van der Waals surface area contributed by atoms with Crippen molar-refractivity contribution in [2.24, 2.45) is 5.92 Å². The van der Waals surface area contributed by atoms with Crippen LogP contribution in [0.3, 0.4) is 0 Å². The van der Waals surface area contributed by atoms with Gasteiger partial charge >= 0.3 is 0 Å². The minimum atomic E-state index is -3.95. The molecule has 0 aromatic carbocycles. The van der Waals surface area contributed by atoms with Crippen LogP contribution in [-0.4, -0.2) is 60.5 Å². The van der Waals surface area contributed by atoms with Crippen molar-refractivity contribution in [3.05, 3.63) is 46.8 Å². The van der Waals surface area contributed by atoms with E-state index < -0.39 is 40.3 Å². The fraction of sp³-hybridized carbons (Fsp3) is 0.520. The van der Waals surface area contributed by atoms with Crippen molar-refractivity contribution in [2.75, 3.05) is 13.1 Å². The fourth-order valence-electron chi connectivity index (χ4n) is 4.33. The lowest BCUT2D eigenvalue weighted by molar-refractivity contribution is -0.128. The molecule has 2 heterocycles. The van der Waals surface area contributed by atoms with Crippen LogP contribution in [0.2, 0.25) is 0 Å². The number of rotatable bonds is 12. The Balaban J connectivity index is 1.66. The van der Waals surface area contributed by atoms with Crippen molar-refractivity contribution in [1.29, 1.82) is 0 Å². The molecule has 0 saturated heterocycles. The highest BCUT2D eigenvalue weighted by Gasteiger charge is 2.31. The highest BCUT2D eigenvalue weighted by atomic mass is 32.2. The zero-order valence-electron chi connectivity index (χ0n) is 20.7. The summed E-state index contributed by atoms with van der Waals surface area (Å²) in [7, 11) is -3.95. The lowest BCUT2D eigenvalue weighted by Crippen LogP contribution is -2.52. The molecule has 1 saturated carbocycles. The van der Waals surface area contributed by atoms with Gasteiger partial charge in [0.2, 0.25) is 5.91 Å². The van der Waals surface area contributed by atoms with E-state index in [1.807, 2.05) is 0 Å². The van der Waals surface area contributed by atoms with Crippen molar-refractivity contribution in [2.45, 2.75) is 69.5 Å². The van der Waals surface area contributed by atoms with Crippen molar-refractivity contribution < 1.29 is 22.8 Å². The summed E-state index contributed by atoms with van der Waals surface area (Å²) in [6, 6.07) is 6.31. The van der Waals surface area contributed by atoms with Crippen LogP contribution in [0.1, 0.15) is 62.0 Å². The number of hydrogen-bond acceptors (Lipinski definition) is 7. The van der Waals surface area contributed by atoms with Crippen LogP contribution in [0.5, 0.6) is 0 Å². The van der Waals surface area contributed by atoms with Gasteiger partial charge < -0.3 is 10.6 Å². The van der Waals surface area contributed by atoms with E-state index in [9.17, 15) is 22.8 Å². The van der Waals surface area contributed by atoms with Gasteiger partial charge in [-0.05, 0) is 42.8 Å². The zero-order valence-corrected chi connectivity index (χ0v) is 22.3. The molecule has 2 aromatic rings. The van der Waals surface area contributed by atoms with Crippen LogP contribution in [0.4, 0.5) is 0 Å². The van der Waals surface area contributed by atoms with Gasteiger partial charge in [0.1, 0.15) is 6.04 Å². The van der Waals surface area contributed by atoms with Gasteiger partial charge in [-0.25, -0.2) is 13.4 Å². The van der Waals surface area contributed by atoms with Crippen LogP contribution < -0.4 is 10.6 Å². The highest BCUT2D eigenvalue weighted by Crippen LogP contribution is 2.27. The van der Waals surface area contributed by atoms with Gasteiger partial charge in [0.15, 0.2) is 10.8 Å². The van der Waals surface area contributed by atoms with Crippen LogP contribution >= 0.6 is 11.3 Å². The molecule has 196 valence electrons. The molecule has 0 spiro atoms. The van der Waals surface area contributed by atoms with Crippen LogP contribution in [0.15, 0.2) is 46.9 Å². The smallest absolute Gasteiger partial charge is 0.261 e. The predicted octanol–water partition coefficient (Wildman–Crippen LogP) is 3.00. The summed E-state index contributed by atoms with van der Waals surface area (Å²) in [5.74, 6) is -0.894.